The molecular weight excluding hydrogens is 272 g/mol. The molecule has 3 nitrogen and oxygen atoms in total. The van der Waals surface area contributed by atoms with Gasteiger partial charge in [0.1, 0.15) is 6.10 Å². The van der Waals surface area contributed by atoms with Crippen LogP contribution in [0.25, 0.3) is 0 Å². The molecule has 1 aliphatic heterocycles. The Hall–Kier alpha value is -0.870. The fraction of sp³-hybridized carbons (Fsp3) is 0.625. The van der Waals surface area contributed by atoms with Crippen molar-refractivity contribution in [2.24, 2.45) is 0 Å². The van der Waals surface area contributed by atoms with Gasteiger partial charge in [-0.05, 0) is 24.7 Å². The lowest BCUT2D eigenvalue weighted by Crippen LogP contribution is -2.27. The summed E-state index contributed by atoms with van der Waals surface area (Å²) in [6, 6.07) is 5.89. The molecule has 1 fully saturated rings. The molecule has 0 radical (unpaired) electrons. The van der Waals surface area contributed by atoms with Crippen LogP contribution in [0.4, 0.5) is 0 Å². The molecule has 1 heterocycles. The van der Waals surface area contributed by atoms with E-state index in [0.717, 1.165) is 29.2 Å². The maximum atomic E-state index is 9.64. The maximum Gasteiger partial charge on any atom is 0.165 e. The number of hydrogen-bond donors (Lipinski definition) is 1. The van der Waals surface area contributed by atoms with Gasteiger partial charge >= 0.3 is 0 Å². The van der Waals surface area contributed by atoms with Crippen molar-refractivity contribution < 1.29 is 14.6 Å². The first kappa shape index (κ1) is 15.5. The number of thioether (sulfide) groups is 1. The molecule has 0 aliphatic carbocycles. The third kappa shape index (κ3) is 3.41. The van der Waals surface area contributed by atoms with Crippen LogP contribution in [0, 0.1) is 0 Å². The predicted octanol–water partition coefficient (Wildman–Crippen LogP) is 3.24. The zero-order valence-corrected chi connectivity index (χ0v) is 13.3. The molecule has 4 heteroatoms. The monoisotopic (exact) mass is 296 g/mol. The Balaban J connectivity index is 2.32. The topological polar surface area (TPSA) is 38.7 Å². The van der Waals surface area contributed by atoms with Crippen molar-refractivity contribution in [1.29, 1.82) is 0 Å². The van der Waals surface area contributed by atoms with Crippen molar-refractivity contribution in [2.45, 2.75) is 38.2 Å². The lowest BCUT2D eigenvalue weighted by molar-refractivity contribution is 0.183. The molecule has 2 rings (SSSR count). The first-order valence-electron chi connectivity index (χ1n) is 7.11. The van der Waals surface area contributed by atoms with Crippen molar-refractivity contribution >= 4 is 11.8 Å². The van der Waals surface area contributed by atoms with Crippen LogP contribution in [-0.4, -0.2) is 36.4 Å². The number of rotatable bonds is 5. The number of para-hydroxylation sites is 1. The van der Waals surface area contributed by atoms with E-state index in [1.165, 1.54) is 12.2 Å². The highest BCUT2D eigenvalue weighted by molar-refractivity contribution is 7.99. The minimum Gasteiger partial charge on any atom is -0.493 e. The number of methoxy groups -OCH3 is 1. The van der Waals surface area contributed by atoms with Crippen LogP contribution in [0.2, 0.25) is 0 Å². The third-order valence-electron chi connectivity index (χ3n) is 3.73. The van der Waals surface area contributed by atoms with Gasteiger partial charge in [-0.1, -0.05) is 26.0 Å². The lowest BCUT2D eigenvalue weighted by Gasteiger charge is -2.30. The molecule has 1 saturated heterocycles. The summed E-state index contributed by atoms with van der Waals surface area (Å²) in [6.45, 7) is 4.12. The molecule has 1 N–H and O–H groups in total. The maximum absolute atomic E-state index is 9.64. The van der Waals surface area contributed by atoms with Crippen LogP contribution in [-0.2, 0) is 5.41 Å². The van der Waals surface area contributed by atoms with Crippen LogP contribution in [0.15, 0.2) is 18.2 Å². The molecule has 1 atom stereocenters. The zero-order chi connectivity index (χ0) is 14.6. The first-order valence-corrected chi connectivity index (χ1v) is 8.26. The zero-order valence-electron chi connectivity index (χ0n) is 12.5. The van der Waals surface area contributed by atoms with Gasteiger partial charge in [-0.25, -0.2) is 0 Å². The van der Waals surface area contributed by atoms with E-state index in [1.54, 1.807) is 7.11 Å². The van der Waals surface area contributed by atoms with Gasteiger partial charge in [0.2, 0.25) is 0 Å². The van der Waals surface area contributed by atoms with E-state index < -0.39 is 0 Å². The Labute approximate surface area is 125 Å². The summed E-state index contributed by atoms with van der Waals surface area (Å²) in [5.74, 6) is 3.79. The molecule has 112 valence electrons. The van der Waals surface area contributed by atoms with Crippen molar-refractivity contribution in [2.75, 3.05) is 25.2 Å². The summed E-state index contributed by atoms with van der Waals surface area (Å²) in [7, 11) is 1.66. The number of aliphatic hydroxyl groups is 1. The Morgan fingerprint density at radius 3 is 2.80 bits per heavy atom. The summed E-state index contributed by atoms with van der Waals surface area (Å²) in [4.78, 5) is 0. The molecule has 0 spiro atoms. The van der Waals surface area contributed by atoms with Crippen LogP contribution < -0.4 is 9.47 Å². The van der Waals surface area contributed by atoms with E-state index in [0.29, 0.717) is 0 Å². The quantitative estimate of drug-likeness (QED) is 0.905. The Bertz CT molecular complexity index is 439. The number of benzene rings is 1. The fourth-order valence-electron chi connectivity index (χ4n) is 2.39. The number of ether oxygens (including phenoxy) is 2. The van der Waals surface area contributed by atoms with Gasteiger partial charge in [0, 0.05) is 16.7 Å². The summed E-state index contributed by atoms with van der Waals surface area (Å²) in [5.41, 5.74) is 0.668. The summed E-state index contributed by atoms with van der Waals surface area (Å²) >= 11 is 1.94. The van der Waals surface area contributed by atoms with Crippen LogP contribution >= 0.6 is 11.8 Å². The number of hydrogen-bond acceptors (Lipinski definition) is 4. The largest absolute Gasteiger partial charge is 0.493 e. The molecule has 1 aromatic rings. The van der Waals surface area contributed by atoms with Gasteiger partial charge in [0.25, 0.3) is 0 Å². The minimum absolute atomic E-state index is 0.0793. The average molecular weight is 296 g/mol. The van der Waals surface area contributed by atoms with E-state index in [-0.39, 0.29) is 18.1 Å². The van der Waals surface area contributed by atoms with E-state index in [9.17, 15) is 5.11 Å². The van der Waals surface area contributed by atoms with Gasteiger partial charge in [0.05, 0.1) is 13.7 Å². The molecular formula is C16H24O3S. The molecule has 1 aromatic carbocycles. The van der Waals surface area contributed by atoms with E-state index in [2.05, 4.69) is 0 Å². The second-order valence-corrected chi connectivity index (χ2v) is 6.99. The summed E-state index contributed by atoms with van der Waals surface area (Å²) in [6.07, 6.45) is 2.52. The van der Waals surface area contributed by atoms with Crippen molar-refractivity contribution in [1.82, 2.24) is 0 Å². The number of aliphatic hydroxyl groups excluding tert-OH is 1. The van der Waals surface area contributed by atoms with Gasteiger partial charge in [-0.15, -0.1) is 0 Å². The standard InChI is InChI=1S/C16H24O3S/c1-16(2,11-17)13-7-4-8-14(18-3)15(13)19-12-6-5-9-20-10-12/h4,7-8,12,17H,5-6,9-11H2,1-3H3. The van der Waals surface area contributed by atoms with Crippen LogP contribution in [0.5, 0.6) is 11.5 Å². The van der Waals surface area contributed by atoms with Crippen molar-refractivity contribution in [3.8, 4) is 11.5 Å². The lowest BCUT2D eigenvalue weighted by atomic mass is 9.84. The van der Waals surface area contributed by atoms with Gasteiger partial charge in [-0.3, -0.25) is 0 Å². The predicted molar refractivity (Wildman–Crippen MR) is 84.1 cm³/mol. The highest BCUT2D eigenvalue weighted by Crippen LogP contribution is 2.40. The first-order chi connectivity index (χ1) is 9.58. The second-order valence-electron chi connectivity index (χ2n) is 5.84. The Morgan fingerprint density at radius 1 is 1.40 bits per heavy atom. The second kappa shape index (κ2) is 6.72. The summed E-state index contributed by atoms with van der Waals surface area (Å²) < 4.78 is 11.7. The molecule has 20 heavy (non-hydrogen) atoms. The van der Waals surface area contributed by atoms with Crippen LogP contribution in [0.1, 0.15) is 32.3 Å². The average Bonchev–Trinajstić information content (AvgIpc) is 2.48. The highest BCUT2D eigenvalue weighted by Gasteiger charge is 2.28. The summed E-state index contributed by atoms with van der Waals surface area (Å²) in [5, 5.41) is 9.64. The Morgan fingerprint density at radius 2 is 2.20 bits per heavy atom. The molecule has 0 bridgehead atoms. The fourth-order valence-corrected chi connectivity index (χ4v) is 3.42. The normalized spacial score (nSPS) is 19.7. The molecule has 1 aliphatic rings. The molecule has 0 amide bonds. The van der Waals surface area contributed by atoms with E-state index >= 15 is 0 Å². The van der Waals surface area contributed by atoms with Crippen molar-refractivity contribution in [3.05, 3.63) is 23.8 Å². The highest BCUT2D eigenvalue weighted by atomic mass is 32.2. The van der Waals surface area contributed by atoms with Crippen molar-refractivity contribution in [3.63, 3.8) is 0 Å². The smallest absolute Gasteiger partial charge is 0.165 e. The molecule has 0 saturated carbocycles. The van der Waals surface area contributed by atoms with Crippen LogP contribution in [0.3, 0.4) is 0 Å². The van der Waals surface area contributed by atoms with Gasteiger partial charge in [0.15, 0.2) is 11.5 Å². The van der Waals surface area contributed by atoms with Gasteiger partial charge in [-0.2, -0.15) is 11.8 Å². The van der Waals surface area contributed by atoms with Gasteiger partial charge < -0.3 is 14.6 Å². The molecule has 1 unspecified atom stereocenters. The Kier molecular flexibility index (Phi) is 5.22. The molecule has 0 aromatic heterocycles. The van der Waals surface area contributed by atoms with E-state index in [1.807, 2.05) is 43.8 Å². The van der Waals surface area contributed by atoms with E-state index in [4.69, 9.17) is 9.47 Å². The third-order valence-corrected chi connectivity index (χ3v) is 4.91. The SMILES string of the molecule is COc1cccc(C(C)(C)CO)c1OC1CCCSC1. The minimum atomic E-state index is -0.342.